The van der Waals surface area contributed by atoms with Crippen molar-refractivity contribution in [3.05, 3.63) is 52.0 Å². The molecule has 3 rings (SSSR count). The Kier molecular flexibility index (Phi) is 5.52. The number of hydrogen-bond acceptors (Lipinski definition) is 3. The highest BCUT2D eigenvalue weighted by Crippen LogP contribution is 2.36. The molecule has 0 aliphatic heterocycles. The number of hydrogen-bond donors (Lipinski definition) is 3. The third-order valence-electron chi connectivity index (χ3n) is 4.59. The van der Waals surface area contributed by atoms with Gasteiger partial charge < -0.3 is 16.2 Å². The van der Waals surface area contributed by atoms with E-state index in [1.54, 1.807) is 24.3 Å². The summed E-state index contributed by atoms with van der Waals surface area (Å²) in [6, 6.07) is 10.9. The van der Waals surface area contributed by atoms with Gasteiger partial charge in [-0.3, -0.25) is 4.79 Å². The van der Waals surface area contributed by atoms with Gasteiger partial charge in [-0.1, -0.05) is 35.3 Å². The number of anilines is 1. The van der Waals surface area contributed by atoms with E-state index < -0.39 is 5.91 Å². The van der Waals surface area contributed by atoms with Gasteiger partial charge in [0.2, 0.25) is 0 Å². The Morgan fingerprint density at radius 2 is 1.72 bits per heavy atom. The maximum Gasteiger partial charge on any atom is 0.250 e. The molecule has 25 heavy (non-hydrogen) atoms. The first-order valence-electron chi connectivity index (χ1n) is 8.28. The van der Waals surface area contributed by atoms with Crippen molar-refractivity contribution in [2.24, 2.45) is 5.73 Å². The van der Waals surface area contributed by atoms with Gasteiger partial charge in [-0.15, -0.1) is 0 Å². The number of nitrogens with two attached hydrogens (primary N) is 1. The summed E-state index contributed by atoms with van der Waals surface area (Å²) in [5.74, 6) is -0.511. The largest absolute Gasteiger partial charge is 0.393 e. The van der Waals surface area contributed by atoms with E-state index in [1.807, 2.05) is 12.1 Å². The molecule has 6 heteroatoms. The first-order valence-corrected chi connectivity index (χ1v) is 9.04. The highest BCUT2D eigenvalue weighted by atomic mass is 35.5. The predicted octanol–water partition coefficient (Wildman–Crippen LogP) is 4.47. The molecule has 0 aromatic heterocycles. The van der Waals surface area contributed by atoms with Crippen LogP contribution in [-0.4, -0.2) is 23.2 Å². The lowest BCUT2D eigenvalue weighted by atomic mass is 9.92. The van der Waals surface area contributed by atoms with Gasteiger partial charge in [-0.2, -0.15) is 0 Å². The van der Waals surface area contributed by atoms with Crippen LogP contribution in [0.4, 0.5) is 5.69 Å². The maximum absolute atomic E-state index is 11.9. The molecule has 0 bridgehead atoms. The minimum atomic E-state index is -0.511. The van der Waals surface area contributed by atoms with Crippen LogP contribution in [0.2, 0.25) is 10.0 Å². The Balaban J connectivity index is 1.92. The molecule has 1 saturated carbocycles. The number of primary amides is 1. The summed E-state index contributed by atoms with van der Waals surface area (Å²) < 4.78 is 0. The molecule has 4 nitrogen and oxygen atoms in total. The van der Waals surface area contributed by atoms with Crippen molar-refractivity contribution in [1.82, 2.24) is 0 Å². The minimum Gasteiger partial charge on any atom is -0.393 e. The number of carbonyl (C=O) groups is 1. The fourth-order valence-corrected chi connectivity index (χ4v) is 3.86. The summed E-state index contributed by atoms with van der Waals surface area (Å²) in [5, 5.41) is 14.0. The summed E-state index contributed by atoms with van der Waals surface area (Å²) in [6.07, 6.45) is 3.02. The van der Waals surface area contributed by atoms with Gasteiger partial charge in [0.1, 0.15) is 0 Å². The number of benzene rings is 2. The van der Waals surface area contributed by atoms with Crippen molar-refractivity contribution < 1.29 is 9.90 Å². The highest BCUT2D eigenvalue weighted by Gasteiger charge is 2.21. The highest BCUT2D eigenvalue weighted by molar-refractivity contribution is 6.39. The quantitative estimate of drug-likeness (QED) is 0.734. The second-order valence-electron chi connectivity index (χ2n) is 6.37. The second-order valence-corrected chi connectivity index (χ2v) is 7.19. The number of halogens is 2. The van der Waals surface area contributed by atoms with E-state index in [0.29, 0.717) is 26.9 Å². The number of aliphatic hydroxyl groups excluding tert-OH is 1. The number of nitrogens with one attached hydrogen (secondary N) is 1. The minimum absolute atomic E-state index is 0.219. The van der Waals surface area contributed by atoms with Crippen LogP contribution in [0.15, 0.2) is 36.4 Å². The number of carbonyl (C=O) groups excluding carboxylic acids is 1. The summed E-state index contributed by atoms with van der Waals surface area (Å²) in [4.78, 5) is 11.9. The fourth-order valence-electron chi connectivity index (χ4n) is 3.24. The molecular formula is C19H20Cl2N2O2. The number of aliphatic hydroxyl groups is 1. The molecule has 4 N–H and O–H groups in total. The SMILES string of the molecule is NC(=O)c1cc(-c2c(Cl)cccc2Cl)ccc1NC1CCC(O)CC1. The van der Waals surface area contributed by atoms with Crippen molar-refractivity contribution >= 4 is 34.8 Å². The molecule has 0 heterocycles. The van der Waals surface area contributed by atoms with Gasteiger partial charge in [0, 0.05) is 27.3 Å². The van der Waals surface area contributed by atoms with Crippen LogP contribution in [0.3, 0.4) is 0 Å². The Bertz CT molecular complexity index is 767. The lowest BCUT2D eigenvalue weighted by Gasteiger charge is -2.27. The Labute approximate surface area is 156 Å². The molecule has 1 fully saturated rings. The zero-order valence-electron chi connectivity index (χ0n) is 13.6. The van der Waals surface area contributed by atoms with Crippen LogP contribution in [0.1, 0.15) is 36.0 Å². The molecule has 2 aromatic rings. The van der Waals surface area contributed by atoms with Crippen molar-refractivity contribution in [1.29, 1.82) is 0 Å². The standard InChI is InChI=1S/C19H20Cl2N2O2/c20-15-2-1-3-16(21)18(15)11-4-9-17(14(10-11)19(22)25)23-12-5-7-13(24)8-6-12/h1-4,9-10,12-13,23-24H,5-8H2,(H2,22,25). The third kappa shape index (κ3) is 4.09. The van der Waals surface area contributed by atoms with E-state index in [9.17, 15) is 9.90 Å². The summed E-state index contributed by atoms with van der Waals surface area (Å²) in [6.45, 7) is 0. The van der Waals surface area contributed by atoms with E-state index in [1.165, 1.54) is 0 Å². The Morgan fingerprint density at radius 3 is 2.32 bits per heavy atom. The molecular weight excluding hydrogens is 359 g/mol. The third-order valence-corrected chi connectivity index (χ3v) is 5.22. The fraction of sp³-hybridized carbons (Fsp3) is 0.316. The monoisotopic (exact) mass is 378 g/mol. The topological polar surface area (TPSA) is 75.4 Å². The van der Waals surface area contributed by atoms with Crippen molar-refractivity contribution in [3.63, 3.8) is 0 Å². The molecule has 0 spiro atoms. The van der Waals surface area contributed by atoms with Gasteiger partial charge in [0.05, 0.1) is 11.7 Å². The van der Waals surface area contributed by atoms with E-state index >= 15 is 0 Å². The van der Waals surface area contributed by atoms with Crippen molar-refractivity contribution in [2.45, 2.75) is 37.8 Å². The Hall–Kier alpha value is -1.75. The van der Waals surface area contributed by atoms with Crippen molar-refractivity contribution in [3.8, 4) is 11.1 Å². The summed E-state index contributed by atoms with van der Waals surface area (Å²) >= 11 is 12.5. The van der Waals surface area contributed by atoms with Crippen LogP contribution in [0.5, 0.6) is 0 Å². The predicted molar refractivity (Wildman–Crippen MR) is 102 cm³/mol. The smallest absolute Gasteiger partial charge is 0.250 e. The van der Waals surface area contributed by atoms with Crippen molar-refractivity contribution in [2.75, 3.05) is 5.32 Å². The lowest BCUT2D eigenvalue weighted by Crippen LogP contribution is -2.29. The van der Waals surface area contributed by atoms with Gasteiger partial charge >= 0.3 is 0 Å². The molecule has 2 aromatic carbocycles. The average Bonchev–Trinajstić information content (AvgIpc) is 2.57. The molecule has 1 aliphatic carbocycles. The molecule has 132 valence electrons. The van der Waals surface area contributed by atoms with Crippen LogP contribution in [-0.2, 0) is 0 Å². The lowest BCUT2D eigenvalue weighted by molar-refractivity contribution is 0.100. The van der Waals surface area contributed by atoms with E-state index in [4.69, 9.17) is 28.9 Å². The van der Waals surface area contributed by atoms with Crippen LogP contribution < -0.4 is 11.1 Å². The molecule has 1 amide bonds. The maximum atomic E-state index is 11.9. The average molecular weight is 379 g/mol. The summed E-state index contributed by atoms with van der Waals surface area (Å²) in [5.41, 5.74) is 8.10. The number of amides is 1. The molecule has 0 unspecified atom stereocenters. The normalized spacial score (nSPS) is 20.3. The second kappa shape index (κ2) is 7.65. The van der Waals surface area contributed by atoms with E-state index in [-0.39, 0.29) is 12.1 Å². The first kappa shape index (κ1) is 18.1. The zero-order chi connectivity index (χ0) is 18.0. The van der Waals surface area contributed by atoms with Gasteiger partial charge in [-0.25, -0.2) is 0 Å². The van der Waals surface area contributed by atoms with E-state index in [0.717, 1.165) is 31.2 Å². The summed E-state index contributed by atoms with van der Waals surface area (Å²) in [7, 11) is 0. The first-order chi connectivity index (χ1) is 12.0. The van der Waals surface area contributed by atoms with E-state index in [2.05, 4.69) is 5.32 Å². The van der Waals surface area contributed by atoms with Crippen LogP contribution in [0, 0.1) is 0 Å². The van der Waals surface area contributed by atoms with Gasteiger partial charge in [0.25, 0.3) is 5.91 Å². The van der Waals surface area contributed by atoms with Crippen LogP contribution in [0.25, 0.3) is 11.1 Å². The molecule has 0 radical (unpaired) electrons. The molecule has 0 saturated heterocycles. The molecule has 0 atom stereocenters. The molecule has 1 aliphatic rings. The Morgan fingerprint density at radius 1 is 1.08 bits per heavy atom. The zero-order valence-corrected chi connectivity index (χ0v) is 15.1. The van der Waals surface area contributed by atoms with Gasteiger partial charge in [-0.05, 0) is 55.5 Å². The number of rotatable bonds is 4. The van der Waals surface area contributed by atoms with Gasteiger partial charge in [0.15, 0.2) is 0 Å². The van der Waals surface area contributed by atoms with Crippen LogP contribution >= 0.6 is 23.2 Å².